The molecule has 0 spiro atoms. The Morgan fingerprint density at radius 2 is 2.00 bits per heavy atom. The van der Waals surface area contributed by atoms with Crippen LogP contribution in [0.2, 0.25) is 0 Å². The van der Waals surface area contributed by atoms with E-state index in [4.69, 9.17) is 0 Å². The minimum absolute atomic E-state index is 0.279. The number of ketones is 1. The van der Waals surface area contributed by atoms with E-state index < -0.39 is 0 Å². The molecule has 1 aliphatic rings. The van der Waals surface area contributed by atoms with Crippen LogP contribution in [0.1, 0.15) is 26.2 Å². The summed E-state index contributed by atoms with van der Waals surface area (Å²) in [5.41, 5.74) is 2.01. The van der Waals surface area contributed by atoms with E-state index in [2.05, 4.69) is 29.8 Å². The number of carbonyl (C=O) groups is 1. The van der Waals surface area contributed by atoms with Gasteiger partial charge in [-0.15, -0.1) is 6.58 Å². The number of para-hydroxylation sites is 1. The average molecular weight is 255 g/mol. The zero-order chi connectivity index (χ0) is 13.9. The Bertz CT molecular complexity index is 503. The molecule has 2 nitrogen and oxygen atoms in total. The van der Waals surface area contributed by atoms with Gasteiger partial charge in [0.2, 0.25) is 0 Å². The summed E-state index contributed by atoms with van der Waals surface area (Å²) in [6, 6.07) is 10.2. The predicted molar refractivity (Wildman–Crippen MR) is 80.1 cm³/mol. The molecule has 19 heavy (non-hydrogen) atoms. The standard InChI is InChI=1S/C17H21NO/c1-4-17(2)11-10-14(12-16(17)19)13-18(3)15-8-6-5-7-9-15/h4-9,13H,1,10-12H2,2-3H3/b14-13-. The lowest BCUT2D eigenvalue weighted by atomic mass is 9.73. The van der Waals surface area contributed by atoms with E-state index in [-0.39, 0.29) is 11.2 Å². The molecule has 1 fully saturated rings. The third-order valence-corrected chi connectivity index (χ3v) is 3.98. The molecule has 1 atom stereocenters. The Morgan fingerprint density at radius 1 is 1.32 bits per heavy atom. The molecule has 0 heterocycles. The third-order valence-electron chi connectivity index (χ3n) is 3.98. The smallest absolute Gasteiger partial charge is 0.146 e. The van der Waals surface area contributed by atoms with Crippen LogP contribution < -0.4 is 4.90 Å². The lowest BCUT2D eigenvalue weighted by molar-refractivity contribution is -0.126. The van der Waals surface area contributed by atoms with Gasteiger partial charge in [-0.05, 0) is 37.5 Å². The van der Waals surface area contributed by atoms with Crippen molar-refractivity contribution in [3.8, 4) is 0 Å². The summed E-state index contributed by atoms with van der Waals surface area (Å²) in [6.07, 6.45) is 6.26. The average Bonchev–Trinajstić information content (AvgIpc) is 2.44. The number of rotatable bonds is 3. The van der Waals surface area contributed by atoms with Gasteiger partial charge in [-0.25, -0.2) is 0 Å². The van der Waals surface area contributed by atoms with Gasteiger partial charge in [-0.3, -0.25) is 4.79 Å². The molecule has 1 aromatic rings. The zero-order valence-corrected chi connectivity index (χ0v) is 11.7. The summed E-state index contributed by atoms with van der Waals surface area (Å²) in [6.45, 7) is 5.78. The van der Waals surface area contributed by atoms with Gasteiger partial charge in [0, 0.05) is 30.8 Å². The van der Waals surface area contributed by atoms with E-state index in [1.54, 1.807) is 6.08 Å². The number of hydrogen-bond acceptors (Lipinski definition) is 2. The van der Waals surface area contributed by atoms with Crippen molar-refractivity contribution in [2.45, 2.75) is 26.2 Å². The largest absolute Gasteiger partial charge is 0.351 e. The maximum absolute atomic E-state index is 12.1. The number of anilines is 1. The normalized spacial score (nSPS) is 25.4. The second kappa shape index (κ2) is 5.43. The molecule has 0 aliphatic heterocycles. The van der Waals surface area contributed by atoms with Crippen LogP contribution in [0.3, 0.4) is 0 Å². The molecular formula is C17H21NO. The molecule has 0 radical (unpaired) electrons. The topological polar surface area (TPSA) is 20.3 Å². The molecule has 100 valence electrons. The van der Waals surface area contributed by atoms with E-state index >= 15 is 0 Å². The molecule has 0 bridgehead atoms. The van der Waals surface area contributed by atoms with Crippen molar-refractivity contribution in [1.29, 1.82) is 0 Å². The second-order valence-corrected chi connectivity index (χ2v) is 5.46. The van der Waals surface area contributed by atoms with Gasteiger partial charge < -0.3 is 4.90 Å². The maximum Gasteiger partial charge on any atom is 0.146 e. The molecule has 0 N–H and O–H groups in total. The SMILES string of the molecule is C=CC1(C)CC/C(=C/N(C)c2ccccc2)CC1=O. The van der Waals surface area contributed by atoms with E-state index in [0.717, 1.165) is 18.5 Å². The van der Waals surface area contributed by atoms with Crippen LogP contribution >= 0.6 is 0 Å². The fourth-order valence-electron chi connectivity index (χ4n) is 2.39. The van der Waals surface area contributed by atoms with E-state index in [0.29, 0.717) is 6.42 Å². The van der Waals surface area contributed by atoms with Crippen molar-refractivity contribution in [3.05, 3.63) is 54.8 Å². The van der Waals surface area contributed by atoms with Crippen LogP contribution in [0.15, 0.2) is 54.8 Å². The Hall–Kier alpha value is -1.83. The molecule has 1 unspecified atom stereocenters. The number of Topliss-reactive ketones (excluding diaryl/α,β-unsaturated/α-hetero) is 1. The van der Waals surface area contributed by atoms with Crippen molar-refractivity contribution >= 4 is 11.5 Å². The van der Waals surface area contributed by atoms with Crippen LogP contribution in [0.4, 0.5) is 5.69 Å². The minimum atomic E-state index is -0.331. The highest BCUT2D eigenvalue weighted by molar-refractivity contribution is 5.89. The number of allylic oxidation sites excluding steroid dienone is 2. The van der Waals surface area contributed by atoms with Gasteiger partial charge in [0.1, 0.15) is 5.78 Å². The lowest BCUT2D eigenvalue weighted by Crippen LogP contribution is -2.30. The van der Waals surface area contributed by atoms with Crippen molar-refractivity contribution < 1.29 is 4.79 Å². The molecule has 2 rings (SSSR count). The summed E-state index contributed by atoms with van der Waals surface area (Å²) in [7, 11) is 2.02. The van der Waals surface area contributed by atoms with Crippen molar-refractivity contribution in [1.82, 2.24) is 0 Å². The van der Waals surface area contributed by atoms with Gasteiger partial charge in [-0.1, -0.05) is 24.3 Å². The zero-order valence-electron chi connectivity index (χ0n) is 11.7. The summed E-state index contributed by atoms with van der Waals surface area (Å²) in [5.74, 6) is 0.279. The second-order valence-electron chi connectivity index (χ2n) is 5.46. The van der Waals surface area contributed by atoms with E-state index in [1.165, 1.54) is 5.57 Å². The summed E-state index contributed by atoms with van der Waals surface area (Å²) >= 11 is 0. The number of benzene rings is 1. The van der Waals surface area contributed by atoms with E-state index in [9.17, 15) is 4.79 Å². The van der Waals surface area contributed by atoms with Crippen LogP contribution in [0, 0.1) is 5.41 Å². The van der Waals surface area contributed by atoms with Gasteiger partial charge in [-0.2, -0.15) is 0 Å². The van der Waals surface area contributed by atoms with Gasteiger partial charge in [0.25, 0.3) is 0 Å². The first-order valence-corrected chi connectivity index (χ1v) is 6.69. The van der Waals surface area contributed by atoms with Crippen LogP contribution in [0.5, 0.6) is 0 Å². The fraction of sp³-hybridized carbons (Fsp3) is 0.353. The van der Waals surface area contributed by atoms with Crippen molar-refractivity contribution in [2.24, 2.45) is 5.41 Å². The number of carbonyl (C=O) groups excluding carboxylic acids is 1. The monoisotopic (exact) mass is 255 g/mol. The Morgan fingerprint density at radius 3 is 2.58 bits per heavy atom. The van der Waals surface area contributed by atoms with Gasteiger partial charge in [0.05, 0.1) is 0 Å². The summed E-state index contributed by atoms with van der Waals surface area (Å²) in [5, 5.41) is 0. The van der Waals surface area contributed by atoms with Crippen molar-refractivity contribution in [2.75, 3.05) is 11.9 Å². The Labute approximate surface area is 115 Å². The van der Waals surface area contributed by atoms with Gasteiger partial charge in [0.15, 0.2) is 0 Å². The van der Waals surface area contributed by atoms with Crippen LogP contribution in [-0.4, -0.2) is 12.8 Å². The molecule has 1 aromatic carbocycles. The first-order valence-electron chi connectivity index (χ1n) is 6.69. The summed E-state index contributed by atoms with van der Waals surface area (Å²) in [4.78, 5) is 14.2. The highest BCUT2D eigenvalue weighted by atomic mass is 16.1. The lowest BCUT2D eigenvalue weighted by Gasteiger charge is -2.30. The van der Waals surface area contributed by atoms with Crippen LogP contribution in [-0.2, 0) is 4.79 Å². The molecule has 0 aromatic heterocycles. The van der Waals surface area contributed by atoms with Crippen molar-refractivity contribution in [3.63, 3.8) is 0 Å². The molecular weight excluding hydrogens is 234 g/mol. The summed E-state index contributed by atoms with van der Waals surface area (Å²) < 4.78 is 0. The third kappa shape index (κ3) is 2.95. The molecule has 1 aliphatic carbocycles. The molecule has 0 amide bonds. The van der Waals surface area contributed by atoms with Gasteiger partial charge >= 0.3 is 0 Å². The first kappa shape index (κ1) is 13.6. The fourth-order valence-corrected chi connectivity index (χ4v) is 2.39. The van der Waals surface area contributed by atoms with E-state index in [1.807, 2.05) is 32.2 Å². The molecule has 0 saturated heterocycles. The first-order chi connectivity index (χ1) is 9.05. The Balaban J connectivity index is 2.10. The maximum atomic E-state index is 12.1. The van der Waals surface area contributed by atoms with Crippen LogP contribution in [0.25, 0.3) is 0 Å². The number of hydrogen-bond donors (Lipinski definition) is 0. The quantitative estimate of drug-likeness (QED) is 0.762. The predicted octanol–water partition coefficient (Wildman–Crippen LogP) is 3.95. The number of nitrogens with zero attached hydrogens (tertiary/aromatic N) is 1. The highest BCUT2D eigenvalue weighted by Gasteiger charge is 2.33. The minimum Gasteiger partial charge on any atom is -0.351 e. The molecule has 2 heteroatoms. The molecule has 1 saturated carbocycles. The Kier molecular flexibility index (Phi) is 3.89. The highest BCUT2D eigenvalue weighted by Crippen LogP contribution is 2.36.